The topological polar surface area (TPSA) is 87.5 Å². The molecule has 2 aromatic heterocycles. The third-order valence-corrected chi connectivity index (χ3v) is 6.50. The van der Waals surface area contributed by atoms with Crippen molar-refractivity contribution in [1.82, 2.24) is 14.9 Å². The van der Waals surface area contributed by atoms with Crippen molar-refractivity contribution in [3.63, 3.8) is 0 Å². The van der Waals surface area contributed by atoms with E-state index in [1.54, 1.807) is 17.1 Å². The van der Waals surface area contributed by atoms with E-state index in [1.165, 1.54) is 12.1 Å². The highest BCUT2D eigenvalue weighted by Crippen LogP contribution is 2.33. The summed E-state index contributed by atoms with van der Waals surface area (Å²) in [6.07, 6.45) is -3.53. The Labute approximate surface area is 212 Å². The summed E-state index contributed by atoms with van der Waals surface area (Å²) in [7, 11) is 0. The molecule has 7 nitrogen and oxygen atoms in total. The molecule has 1 aliphatic heterocycles. The smallest absolute Gasteiger partial charge is 0.388 e. The number of aromatic nitrogens is 2. The molecule has 3 atom stereocenters. The third kappa shape index (κ3) is 5.12. The fourth-order valence-corrected chi connectivity index (χ4v) is 4.73. The molecule has 1 amide bonds. The second-order valence-corrected chi connectivity index (χ2v) is 9.82. The number of aliphatic hydroxyl groups is 1. The highest BCUT2D eigenvalue weighted by Gasteiger charge is 2.39. The van der Waals surface area contributed by atoms with Crippen molar-refractivity contribution >= 4 is 34.4 Å². The van der Waals surface area contributed by atoms with Crippen LogP contribution in [0.3, 0.4) is 0 Å². The fourth-order valence-electron chi connectivity index (χ4n) is 4.45. The molecule has 0 saturated carbocycles. The van der Waals surface area contributed by atoms with E-state index < -0.39 is 57.1 Å². The standard InChI is InChI=1S/C24H22ClF5N4O3/c1-11-8-23(3,37)10-34(11)18-5-4-14-20(35)15(22(36)31-12(2)24(28,29)30)9-33(21(14)32-18)19-16(25)6-13(26)7-17(19)27/h4-7,9,11-12,37H,8,10H2,1-3H3,(H,31,36)/t11-,12?,23+/m1/s1. The minimum atomic E-state index is -4.78. The number of hydrogen-bond acceptors (Lipinski definition) is 5. The number of β-amino-alcohol motifs (C(OH)–C–C–N with tert-alkyl or cyclic N) is 1. The maximum Gasteiger partial charge on any atom is 0.408 e. The number of carbonyl (C=O) groups is 1. The van der Waals surface area contributed by atoms with Gasteiger partial charge in [0.2, 0.25) is 5.43 Å². The molecular weight excluding hydrogens is 523 g/mol. The predicted molar refractivity (Wildman–Crippen MR) is 127 cm³/mol. The van der Waals surface area contributed by atoms with Crippen LogP contribution in [0.15, 0.2) is 35.3 Å². The first kappa shape index (κ1) is 26.8. The van der Waals surface area contributed by atoms with E-state index in [9.17, 15) is 36.6 Å². The van der Waals surface area contributed by atoms with E-state index in [0.717, 1.165) is 16.8 Å². The van der Waals surface area contributed by atoms with Crippen molar-refractivity contribution in [3.05, 3.63) is 62.9 Å². The van der Waals surface area contributed by atoms with Gasteiger partial charge in [-0.25, -0.2) is 13.8 Å². The second-order valence-electron chi connectivity index (χ2n) is 9.42. The zero-order chi connectivity index (χ0) is 27.4. The molecule has 0 radical (unpaired) electrons. The number of alkyl halides is 3. The Morgan fingerprint density at radius 1 is 1.30 bits per heavy atom. The zero-order valence-electron chi connectivity index (χ0n) is 19.8. The molecule has 0 bridgehead atoms. The van der Waals surface area contributed by atoms with E-state index in [0.29, 0.717) is 25.2 Å². The van der Waals surface area contributed by atoms with Crippen LogP contribution in [0.5, 0.6) is 0 Å². The summed E-state index contributed by atoms with van der Waals surface area (Å²) in [6, 6.07) is 1.66. The molecule has 1 aliphatic rings. The lowest BCUT2D eigenvalue weighted by molar-refractivity contribution is -0.149. The summed E-state index contributed by atoms with van der Waals surface area (Å²) in [5.41, 5.74) is -3.32. The highest BCUT2D eigenvalue weighted by atomic mass is 35.5. The van der Waals surface area contributed by atoms with Crippen LogP contribution in [0.4, 0.5) is 27.8 Å². The predicted octanol–water partition coefficient (Wildman–Crippen LogP) is 4.35. The van der Waals surface area contributed by atoms with Crippen molar-refractivity contribution in [3.8, 4) is 5.69 Å². The molecule has 4 rings (SSSR count). The van der Waals surface area contributed by atoms with Gasteiger partial charge in [-0.1, -0.05) is 11.6 Å². The zero-order valence-corrected chi connectivity index (χ0v) is 20.6. The Kier molecular flexibility index (Phi) is 6.70. The summed E-state index contributed by atoms with van der Waals surface area (Å²) in [4.78, 5) is 32.1. The number of nitrogens with zero attached hydrogens (tertiary/aromatic N) is 3. The summed E-state index contributed by atoms with van der Waals surface area (Å²) >= 11 is 6.11. The maximum atomic E-state index is 14.9. The van der Waals surface area contributed by atoms with Gasteiger partial charge in [0.25, 0.3) is 5.91 Å². The Morgan fingerprint density at radius 2 is 1.97 bits per heavy atom. The van der Waals surface area contributed by atoms with E-state index in [2.05, 4.69) is 4.98 Å². The number of amides is 1. The monoisotopic (exact) mass is 544 g/mol. The minimum Gasteiger partial charge on any atom is -0.388 e. The lowest BCUT2D eigenvalue weighted by Gasteiger charge is -2.24. The van der Waals surface area contributed by atoms with Crippen molar-refractivity contribution < 1.29 is 31.9 Å². The number of rotatable bonds is 4. The van der Waals surface area contributed by atoms with Crippen LogP contribution >= 0.6 is 11.6 Å². The van der Waals surface area contributed by atoms with Crippen LogP contribution in [-0.4, -0.2) is 51.0 Å². The average molecular weight is 545 g/mol. The molecule has 3 aromatic rings. The molecule has 1 fully saturated rings. The molecular formula is C24H22ClF5N4O3. The normalized spacial score (nSPS) is 20.9. The van der Waals surface area contributed by atoms with Crippen LogP contribution in [0.2, 0.25) is 5.02 Å². The number of hydrogen-bond donors (Lipinski definition) is 2. The molecule has 198 valence electrons. The van der Waals surface area contributed by atoms with Crippen LogP contribution in [-0.2, 0) is 0 Å². The first-order valence-corrected chi connectivity index (χ1v) is 11.5. The van der Waals surface area contributed by atoms with Gasteiger partial charge in [0.1, 0.15) is 28.9 Å². The van der Waals surface area contributed by atoms with Crippen molar-refractivity contribution in [2.75, 3.05) is 11.4 Å². The number of anilines is 1. The van der Waals surface area contributed by atoms with Crippen molar-refractivity contribution in [1.29, 1.82) is 0 Å². The van der Waals surface area contributed by atoms with Crippen molar-refractivity contribution in [2.45, 2.75) is 51.1 Å². The van der Waals surface area contributed by atoms with Gasteiger partial charge in [-0.05, 0) is 45.4 Å². The first-order valence-electron chi connectivity index (χ1n) is 11.2. The average Bonchev–Trinajstić information content (AvgIpc) is 3.05. The van der Waals surface area contributed by atoms with Gasteiger partial charge in [-0.15, -0.1) is 0 Å². The Bertz CT molecular complexity index is 1430. The number of carbonyl (C=O) groups excluding carboxylic acids is 1. The van der Waals surface area contributed by atoms with Crippen LogP contribution in [0.1, 0.15) is 37.6 Å². The van der Waals surface area contributed by atoms with E-state index in [1.807, 2.05) is 6.92 Å². The summed E-state index contributed by atoms with van der Waals surface area (Å²) in [6.45, 7) is 4.42. The molecule has 2 N–H and O–H groups in total. The Balaban J connectivity index is 1.96. The molecule has 13 heteroatoms. The molecule has 3 heterocycles. The molecule has 0 aliphatic carbocycles. The minimum absolute atomic E-state index is 0.153. The third-order valence-electron chi connectivity index (χ3n) is 6.21. The molecule has 1 aromatic carbocycles. The largest absolute Gasteiger partial charge is 0.408 e. The summed E-state index contributed by atoms with van der Waals surface area (Å²) in [5, 5.41) is 11.5. The number of halogens is 6. The fraction of sp³-hybridized carbons (Fsp3) is 0.375. The number of nitrogens with one attached hydrogen (secondary N) is 1. The number of fused-ring (bicyclic) bond motifs is 1. The lowest BCUT2D eigenvalue weighted by atomic mass is 10.0. The van der Waals surface area contributed by atoms with E-state index >= 15 is 0 Å². The second kappa shape index (κ2) is 9.25. The first-order chi connectivity index (χ1) is 17.1. The van der Waals surface area contributed by atoms with Gasteiger partial charge < -0.3 is 15.3 Å². The summed E-state index contributed by atoms with van der Waals surface area (Å²) in [5.74, 6) is -3.19. The molecule has 1 unspecified atom stereocenters. The van der Waals surface area contributed by atoms with Gasteiger partial charge >= 0.3 is 6.18 Å². The highest BCUT2D eigenvalue weighted by molar-refractivity contribution is 6.32. The quantitative estimate of drug-likeness (QED) is 0.477. The number of benzene rings is 1. The number of pyridine rings is 2. The lowest BCUT2D eigenvalue weighted by Crippen LogP contribution is -2.44. The van der Waals surface area contributed by atoms with Gasteiger partial charge in [-0.3, -0.25) is 14.2 Å². The molecule has 0 spiro atoms. The Hall–Kier alpha value is -3.25. The Morgan fingerprint density at radius 3 is 2.54 bits per heavy atom. The van der Waals surface area contributed by atoms with E-state index in [-0.39, 0.29) is 23.6 Å². The van der Waals surface area contributed by atoms with Gasteiger partial charge in [0.05, 0.1) is 16.0 Å². The van der Waals surface area contributed by atoms with Gasteiger partial charge in [-0.2, -0.15) is 13.2 Å². The van der Waals surface area contributed by atoms with Gasteiger partial charge in [0.15, 0.2) is 11.5 Å². The van der Waals surface area contributed by atoms with Crippen LogP contribution in [0.25, 0.3) is 16.7 Å². The SMILES string of the molecule is CC(NC(=O)c1cn(-c2c(F)cc(F)cc2Cl)c2nc(N3C[C@@](C)(O)C[C@H]3C)ccc2c1=O)C(F)(F)F. The van der Waals surface area contributed by atoms with Gasteiger partial charge in [0, 0.05) is 24.8 Å². The van der Waals surface area contributed by atoms with Crippen LogP contribution in [0, 0.1) is 11.6 Å². The van der Waals surface area contributed by atoms with Crippen molar-refractivity contribution in [2.24, 2.45) is 0 Å². The summed E-state index contributed by atoms with van der Waals surface area (Å²) < 4.78 is 68.7. The molecule has 37 heavy (non-hydrogen) atoms. The van der Waals surface area contributed by atoms with E-state index in [4.69, 9.17) is 11.6 Å². The maximum absolute atomic E-state index is 14.9. The molecule has 1 saturated heterocycles. The van der Waals surface area contributed by atoms with Crippen LogP contribution < -0.4 is 15.6 Å².